The fraction of sp³-hybridized carbons (Fsp3) is 0.692. The number of unbranched alkanes of at least 4 members (excludes halogenated alkanes) is 3. The van der Waals surface area contributed by atoms with Crippen LogP contribution in [0.3, 0.4) is 0 Å². The molecule has 0 bridgehead atoms. The molecule has 296 valence electrons. The van der Waals surface area contributed by atoms with E-state index >= 15 is 0 Å². The molecule has 4 amide bonds. The number of alkyl halides is 3. The standard InChI is InChI=1S/C33H46F3N5O5S.C6H12/c1-3-21(2)29(31(44)39-47-24-15-16-24)38-30(43)26-13-9-17-41(26)28(42)18-37-27(33(34,35)36)14-7-5-4-6-10-22-11-8-12-23-19-40(32(45)46)20-25(22)23;1-2-4-6-5-3-1/h3,8,11-12,21,24,26-27,29,37H,1,4-7,9-10,13-20H2,2H3,(H,38,43)(H,39,44)(H,45,46);1-6H2/t21-,26-,27?,29?;/m0./s1. The first-order chi connectivity index (χ1) is 25.4. The number of hydrogen-bond acceptors (Lipinski definition) is 6. The summed E-state index contributed by atoms with van der Waals surface area (Å²) in [5.74, 6) is -1.82. The zero-order valence-electron chi connectivity index (χ0n) is 31.1. The molecule has 4 atom stereocenters. The van der Waals surface area contributed by atoms with Crippen LogP contribution in [-0.2, 0) is 33.9 Å². The molecule has 53 heavy (non-hydrogen) atoms. The number of aryl methyl sites for hydroxylation is 1. The third-order valence-electron chi connectivity index (χ3n) is 10.6. The van der Waals surface area contributed by atoms with Gasteiger partial charge < -0.3 is 15.3 Å². The highest BCUT2D eigenvalue weighted by atomic mass is 32.2. The maximum absolute atomic E-state index is 13.9. The number of likely N-dealkylation sites (tertiary alicyclic amines) is 1. The van der Waals surface area contributed by atoms with Crippen LogP contribution in [0.25, 0.3) is 0 Å². The van der Waals surface area contributed by atoms with Crippen LogP contribution < -0.4 is 15.4 Å². The maximum atomic E-state index is 13.9. The van der Waals surface area contributed by atoms with Crippen molar-refractivity contribution in [3.8, 4) is 0 Å². The lowest BCUT2D eigenvalue weighted by molar-refractivity contribution is -0.159. The molecular weight excluding hydrogens is 708 g/mol. The number of benzene rings is 1. The van der Waals surface area contributed by atoms with Crippen molar-refractivity contribution in [2.24, 2.45) is 5.92 Å². The highest BCUT2D eigenvalue weighted by molar-refractivity contribution is 7.98. The predicted octanol–water partition coefficient (Wildman–Crippen LogP) is 7.26. The fourth-order valence-electron chi connectivity index (χ4n) is 7.18. The van der Waals surface area contributed by atoms with Gasteiger partial charge in [0.2, 0.25) is 11.8 Å². The summed E-state index contributed by atoms with van der Waals surface area (Å²) in [5.41, 5.74) is 3.10. The van der Waals surface area contributed by atoms with Gasteiger partial charge in [-0.05, 0) is 73.6 Å². The molecule has 2 saturated carbocycles. The molecule has 3 fully saturated rings. The van der Waals surface area contributed by atoms with Crippen LogP contribution in [0.4, 0.5) is 18.0 Å². The van der Waals surface area contributed by atoms with Crippen LogP contribution in [-0.4, -0.2) is 81.4 Å². The summed E-state index contributed by atoms with van der Waals surface area (Å²) in [6.45, 7) is 5.90. The molecule has 0 spiro atoms. The molecule has 0 radical (unpaired) electrons. The van der Waals surface area contributed by atoms with E-state index in [1.807, 2.05) is 18.2 Å². The number of nitrogens with one attached hydrogen (secondary N) is 3. The average molecular weight is 766 g/mol. The van der Waals surface area contributed by atoms with E-state index in [0.29, 0.717) is 44.0 Å². The molecule has 14 heteroatoms. The number of hydrogen-bond donors (Lipinski definition) is 4. The highest BCUT2D eigenvalue weighted by Crippen LogP contribution is 2.32. The van der Waals surface area contributed by atoms with Crippen molar-refractivity contribution in [3.63, 3.8) is 0 Å². The summed E-state index contributed by atoms with van der Waals surface area (Å²) >= 11 is 1.33. The van der Waals surface area contributed by atoms with Crippen molar-refractivity contribution in [2.45, 2.75) is 152 Å². The lowest BCUT2D eigenvalue weighted by Crippen LogP contribution is -2.55. The first-order valence-corrected chi connectivity index (χ1v) is 20.3. The zero-order valence-corrected chi connectivity index (χ0v) is 31.9. The number of amides is 4. The van der Waals surface area contributed by atoms with E-state index in [0.717, 1.165) is 48.8 Å². The Balaban J connectivity index is 0.000000948. The normalized spacial score (nSPS) is 20.0. The molecule has 2 unspecified atom stereocenters. The second-order valence-electron chi connectivity index (χ2n) is 14.9. The number of carbonyl (C=O) groups excluding carboxylic acids is 3. The van der Waals surface area contributed by atoms with Gasteiger partial charge in [-0.3, -0.25) is 29.3 Å². The van der Waals surface area contributed by atoms with E-state index in [1.165, 1.54) is 60.3 Å². The lowest BCUT2D eigenvalue weighted by atomic mass is 9.98. The minimum absolute atomic E-state index is 0.176. The Kier molecular flexibility index (Phi) is 16.8. The van der Waals surface area contributed by atoms with Crippen LogP contribution in [0.15, 0.2) is 30.9 Å². The van der Waals surface area contributed by atoms with Gasteiger partial charge in [-0.1, -0.05) is 89.0 Å². The van der Waals surface area contributed by atoms with Crippen molar-refractivity contribution in [1.82, 2.24) is 25.2 Å². The Bertz CT molecular complexity index is 1380. The van der Waals surface area contributed by atoms with Crippen LogP contribution in [0.5, 0.6) is 0 Å². The van der Waals surface area contributed by atoms with E-state index < -0.39 is 48.8 Å². The van der Waals surface area contributed by atoms with Gasteiger partial charge in [-0.2, -0.15) is 13.2 Å². The summed E-state index contributed by atoms with van der Waals surface area (Å²) < 4.78 is 44.4. The second kappa shape index (κ2) is 21.0. The Labute approximate surface area is 316 Å². The van der Waals surface area contributed by atoms with Gasteiger partial charge in [0.25, 0.3) is 5.91 Å². The van der Waals surface area contributed by atoms with Crippen molar-refractivity contribution >= 4 is 35.8 Å². The van der Waals surface area contributed by atoms with Crippen molar-refractivity contribution < 1.29 is 37.5 Å². The van der Waals surface area contributed by atoms with Gasteiger partial charge in [-0.15, -0.1) is 6.58 Å². The van der Waals surface area contributed by atoms with E-state index in [-0.39, 0.29) is 24.8 Å². The van der Waals surface area contributed by atoms with Crippen LogP contribution >= 0.6 is 11.9 Å². The number of fused-ring (bicyclic) bond motifs is 1. The van der Waals surface area contributed by atoms with E-state index in [2.05, 4.69) is 21.9 Å². The Morgan fingerprint density at radius 2 is 1.66 bits per heavy atom. The molecular formula is C39H58F3N5O5S. The Morgan fingerprint density at radius 1 is 0.981 bits per heavy atom. The lowest BCUT2D eigenvalue weighted by Gasteiger charge is -2.29. The monoisotopic (exact) mass is 765 g/mol. The van der Waals surface area contributed by atoms with Gasteiger partial charge in [0, 0.05) is 30.8 Å². The topological polar surface area (TPSA) is 131 Å². The molecule has 4 aliphatic rings. The van der Waals surface area contributed by atoms with E-state index in [1.54, 1.807) is 13.0 Å². The average Bonchev–Trinajstić information content (AvgIpc) is 3.64. The molecule has 5 rings (SSSR count). The Hall–Kier alpha value is -3.26. The van der Waals surface area contributed by atoms with Crippen molar-refractivity contribution in [1.29, 1.82) is 0 Å². The van der Waals surface area contributed by atoms with E-state index in [9.17, 15) is 37.5 Å². The van der Waals surface area contributed by atoms with Crippen molar-refractivity contribution in [3.05, 3.63) is 47.5 Å². The van der Waals surface area contributed by atoms with Gasteiger partial charge in [-0.25, -0.2) is 4.79 Å². The minimum atomic E-state index is -4.54. The molecule has 1 aromatic carbocycles. The number of carbonyl (C=O) groups is 4. The maximum Gasteiger partial charge on any atom is 0.407 e. The molecule has 4 N–H and O–H groups in total. The largest absolute Gasteiger partial charge is 0.465 e. The SMILES string of the molecule is C1CCCCC1.C=C[C@H](C)C(NC(=O)[C@@H]1CCCN1C(=O)CNC(CCCCCCc1cccc2c1CN(C(=O)O)C2)C(F)(F)F)C(=O)NSC1CC1. The third-order valence-corrected chi connectivity index (χ3v) is 11.8. The summed E-state index contributed by atoms with van der Waals surface area (Å²) in [6.07, 6.45) is 11.0. The van der Waals surface area contributed by atoms with Gasteiger partial charge in [0.15, 0.2) is 0 Å². The summed E-state index contributed by atoms with van der Waals surface area (Å²) in [4.78, 5) is 53.0. The first-order valence-electron chi connectivity index (χ1n) is 19.4. The summed E-state index contributed by atoms with van der Waals surface area (Å²) in [6, 6.07) is 2.21. The minimum Gasteiger partial charge on any atom is -0.465 e. The van der Waals surface area contributed by atoms with Crippen LogP contribution in [0, 0.1) is 5.92 Å². The summed E-state index contributed by atoms with van der Waals surface area (Å²) in [7, 11) is 0. The molecule has 10 nitrogen and oxygen atoms in total. The zero-order chi connectivity index (χ0) is 38.4. The smallest absolute Gasteiger partial charge is 0.407 e. The van der Waals surface area contributed by atoms with Gasteiger partial charge >= 0.3 is 12.3 Å². The number of nitrogens with zero attached hydrogens (tertiary/aromatic N) is 2. The number of halogens is 3. The van der Waals surface area contributed by atoms with Crippen LogP contribution in [0.1, 0.15) is 120 Å². The molecule has 2 aliphatic carbocycles. The van der Waals surface area contributed by atoms with Gasteiger partial charge in [0.1, 0.15) is 18.1 Å². The predicted molar refractivity (Wildman–Crippen MR) is 201 cm³/mol. The highest BCUT2D eigenvalue weighted by Gasteiger charge is 2.41. The van der Waals surface area contributed by atoms with Gasteiger partial charge in [0.05, 0.1) is 6.54 Å². The first kappa shape index (κ1) is 42.5. The molecule has 2 heterocycles. The molecule has 0 aromatic heterocycles. The third kappa shape index (κ3) is 13.5. The molecule has 1 saturated heterocycles. The van der Waals surface area contributed by atoms with E-state index in [4.69, 9.17) is 0 Å². The number of rotatable bonds is 17. The second-order valence-corrected chi connectivity index (χ2v) is 16.0. The number of carboxylic acid groups (broad SMARTS) is 1. The summed E-state index contributed by atoms with van der Waals surface area (Å²) in [5, 5.41) is 14.8. The fourth-order valence-corrected chi connectivity index (χ4v) is 7.96. The van der Waals surface area contributed by atoms with Crippen molar-refractivity contribution in [2.75, 3.05) is 13.1 Å². The van der Waals surface area contributed by atoms with Crippen LogP contribution in [0.2, 0.25) is 0 Å². The molecule has 1 aromatic rings. The Morgan fingerprint density at radius 3 is 2.28 bits per heavy atom. The molecule has 2 aliphatic heterocycles. The quantitative estimate of drug-likeness (QED) is 0.0747.